The number of carbonyl (C=O) groups is 2. The van der Waals surface area contributed by atoms with Gasteiger partial charge < -0.3 is 20.1 Å². The number of aromatic nitrogens is 1. The molecule has 2 rings (SSSR count). The van der Waals surface area contributed by atoms with E-state index in [1.165, 1.54) is 12.4 Å². The summed E-state index contributed by atoms with van der Waals surface area (Å²) in [4.78, 5) is 28.4. The number of amides is 2. The average molecular weight is 371 g/mol. The van der Waals surface area contributed by atoms with Crippen molar-refractivity contribution in [2.75, 3.05) is 33.9 Å². The third kappa shape index (κ3) is 6.71. The van der Waals surface area contributed by atoms with Gasteiger partial charge in [0.05, 0.1) is 18.2 Å². The fourth-order valence-corrected chi connectivity index (χ4v) is 2.42. The number of benzene rings is 1. The summed E-state index contributed by atoms with van der Waals surface area (Å²) in [5, 5.41) is 5.62. The van der Waals surface area contributed by atoms with Crippen LogP contribution in [0, 0.1) is 0 Å². The lowest BCUT2D eigenvalue weighted by molar-refractivity contribution is 0.0948. The number of nitrogens with one attached hydrogen (secondary N) is 2. The number of hydrogen-bond donors (Lipinski definition) is 2. The smallest absolute Gasteiger partial charge is 0.252 e. The lowest BCUT2D eigenvalue weighted by Gasteiger charge is -2.08. The summed E-state index contributed by atoms with van der Waals surface area (Å²) < 4.78 is 10.1. The Morgan fingerprint density at radius 3 is 2.19 bits per heavy atom. The van der Waals surface area contributed by atoms with Gasteiger partial charge in [0.2, 0.25) is 0 Å². The highest BCUT2D eigenvalue weighted by Crippen LogP contribution is 2.11. The number of methoxy groups -OCH3 is 2. The molecular formula is C20H25N3O4. The van der Waals surface area contributed by atoms with Gasteiger partial charge in [0.25, 0.3) is 11.8 Å². The van der Waals surface area contributed by atoms with E-state index in [4.69, 9.17) is 9.47 Å². The Kier molecular flexibility index (Phi) is 8.25. The van der Waals surface area contributed by atoms with Crippen LogP contribution >= 0.6 is 0 Å². The van der Waals surface area contributed by atoms with Crippen LogP contribution in [-0.2, 0) is 11.2 Å². The lowest BCUT2D eigenvalue weighted by atomic mass is 10.1. The van der Waals surface area contributed by atoms with Crippen molar-refractivity contribution in [1.29, 1.82) is 0 Å². The molecule has 1 aromatic heterocycles. The molecule has 0 aliphatic heterocycles. The highest BCUT2D eigenvalue weighted by atomic mass is 16.5. The number of rotatable bonds is 10. The molecule has 0 aliphatic carbocycles. The third-order valence-electron chi connectivity index (χ3n) is 3.93. The van der Waals surface area contributed by atoms with Crippen molar-refractivity contribution in [3.8, 4) is 5.75 Å². The van der Waals surface area contributed by atoms with E-state index in [2.05, 4.69) is 15.6 Å². The maximum Gasteiger partial charge on any atom is 0.252 e. The average Bonchev–Trinajstić information content (AvgIpc) is 2.71. The number of carbonyl (C=O) groups excluding carboxylic acids is 2. The topological polar surface area (TPSA) is 89.5 Å². The van der Waals surface area contributed by atoms with Crippen LogP contribution in [0.25, 0.3) is 0 Å². The molecule has 0 unspecified atom stereocenters. The van der Waals surface area contributed by atoms with E-state index in [-0.39, 0.29) is 11.8 Å². The summed E-state index contributed by atoms with van der Waals surface area (Å²) in [6.45, 7) is 1.57. The molecule has 0 atom stereocenters. The summed E-state index contributed by atoms with van der Waals surface area (Å²) in [7, 11) is 3.24. The summed E-state index contributed by atoms with van der Waals surface area (Å²) in [5.41, 5.74) is 1.81. The van der Waals surface area contributed by atoms with E-state index < -0.39 is 0 Å². The highest BCUT2D eigenvalue weighted by Gasteiger charge is 2.11. The fourth-order valence-electron chi connectivity index (χ4n) is 2.42. The second-order valence-corrected chi connectivity index (χ2v) is 5.92. The van der Waals surface area contributed by atoms with E-state index in [0.29, 0.717) is 37.2 Å². The van der Waals surface area contributed by atoms with Crippen LogP contribution in [-0.4, -0.2) is 50.7 Å². The molecule has 2 N–H and O–H groups in total. The van der Waals surface area contributed by atoms with Gasteiger partial charge in [0, 0.05) is 39.2 Å². The Bertz CT molecular complexity index is 747. The molecule has 27 heavy (non-hydrogen) atoms. The molecule has 1 heterocycles. The molecule has 144 valence electrons. The molecule has 0 radical (unpaired) electrons. The molecule has 7 heteroatoms. The third-order valence-corrected chi connectivity index (χ3v) is 3.93. The molecule has 1 aromatic carbocycles. The molecule has 0 bridgehead atoms. The minimum atomic E-state index is -0.259. The Hall–Kier alpha value is -2.93. The van der Waals surface area contributed by atoms with Crippen molar-refractivity contribution in [2.45, 2.75) is 12.8 Å². The van der Waals surface area contributed by atoms with E-state index in [1.807, 2.05) is 24.3 Å². The molecule has 0 fully saturated rings. The number of nitrogens with zero attached hydrogens (tertiary/aromatic N) is 1. The summed E-state index contributed by atoms with van der Waals surface area (Å²) >= 11 is 0. The molecule has 2 amide bonds. The van der Waals surface area contributed by atoms with Crippen molar-refractivity contribution >= 4 is 11.8 Å². The number of hydrogen-bond acceptors (Lipinski definition) is 5. The molecule has 2 aromatic rings. The van der Waals surface area contributed by atoms with Crippen LogP contribution in [0.2, 0.25) is 0 Å². The lowest BCUT2D eigenvalue weighted by Crippen LogP contribution is -2.28. The van der Waals surface area contributed by atoms with Crippen molar-refractivity contribution in [3.05, 3.63) is 59.4 Å². The van der Waals surface area contributed by atoms with Crippen molar-refractivity contribution < 1.29 is 19.1 Å². The summed E-state index contributed by atoms with van der Waals surface area (Å²) in [6.07, 6.45) is 4.31. The quantitative estimate of drug-likeness (QED) is 0.622. The predicted octanol–water partition coefficient (Wildman–Crippen LogP) is 1.83. The van der Waals surface area contributed by atoms with Gasteiger partial charge in [-0.1, -0.05) is 12.1 Å². The maximum absolute atomic E-state index is 12.3. The van der Waals surface area contributed by atoms with Crippen molar-refractivity contribution in [2.24, 2.45) is 0 Å². The minimum Gasteiger partial charge on any atom is -0.497 e. The molecule has 0 aliphatic rings. The Morgan fingerprint density at radius 2 is 1.59 bits per heavy atom. The van der Waals surface area contributed by atoms with E-state index in [0.717, 1.165) is 17.7 Å². The van der Waals surface area contributed by atoms with E-state index >= 15 is 0 Å². The van der Waals surface area contributed by atoms with Crippen LogP contribution < -0.4 is 15.4 Å². The van der Waals surface area contributed by atoms with Gasteiger partial charge in [0.1, 0.15) is 5.75 Å². The summed E-state index contributed by atoms with van der Waals surface area (Å²) in [6, 6.07) is 9.23. The molecule has 7 nitrogen and oxygen atoms in total. The highest BCUT2D eigenvalue weighted by molar-refractivity contribution is 5.99. The molecule has 0 saturated heterocycles. The van der Waals surface area contributed by atoms with Gasteiger partial charge >= 0.3 is 0 Å². The van der Waals surface area contributed by atoms with Crippen molar-refractivity contribution in [3.63, 3.8) is 0 Å². The van der Waals surface area contributed by atoms with Gasteiger partial charge in [0.15, 0.2) is 0 Å². The zero-order valence-electron chi connectivity index (χ0n) is 15.7. The monoisotopic (exact) mass is 371 g/mol. The Balaban J connectivity index is 1.83. The first kappa shape index (κ1) is 20.4. The van der Waals surface area contributed by atoms with Gasteiger partial charge in [-0.25, -0.2) is 0 Å². The second-order valence-electron chi connectivity index (χ2n) is 5.92. The largest absolute Gasteiger partial charge is 0.497 e. The Morgan fingerprint density at radius 1 is 0.963 bits per heavy atom. The van der Waals surface area contributed by atoms with E-state index in [1.54, 1.807) is 20.3 Å². The zero-order chi connectivity index (χ0) is 19.5. The van der Waals surface area contributed by atoms with Gasteiger partial charge in [-0.15, -0.1) is 0 Å². The second kappa shape index (κ2) is 10.9. The maximum atomic E-state index is 12.3. The number of ether oxygens (including phenoxy) is 2. The first-order valence-corrected chi connectivity index (χ1v) is 8.77. The van der Waals surface area contributed by atoms with Crippen LogP contribution in [0.5, 0.6) is 5.75 Å². The normalized spacial score (nSPS) is 10.3. The van der Waals surface area contributed by atoms with Gasteiger partial charge in [-0.2, -0.15) is 0 Å². The van der Waals surface area contributed by atoms with E-state index in [9.17, 15) is 9.59 Å². The molecule has 0 spiro atoms. The SMILES string of the molecule is COCCCNC(=O)c1cncc(C(=O)NCCc2ccc(OC)cc2)c1. The predicted molar refractivity (Wildman–Crippen MR) is 102 cm³/mol. The zero-order valence-corrected chi connectivity index (χ0v) is 15.7. The fraction of sp³-hybridized carbons (Fsp3) is 0.350. The van der Waals surface area contributed by atoms with Crippen molar-refractivity contribution in [1.82, 2.24) is 15.6 Å². The number of pyridine rings is 1. The minimum absolute atomic E-state index is 0.258. The molecular weight excluding hydrogens is 346 g/mol. The molecule has 0 saturated carbocycles. The van der Waals surface area contributed by atoms with Gasteiger partial charge in [-0.05, 0) is 36.6 Å². The van der Waals surface area contributed by atoms with Crippen LogP contribution in [0.4, 0.5) is 0 Å². The first-order chi connectivity index (χ1) is 13.1. The summed E-state index contributed by atoms with van der Waals surface area (Å²) in [5.74, 6) is 0.280. The first-order valence-electron chi connectivity index (χ1n) is 8.77. The standard InChI is InChI=1S/C20H25N3O4/c1-26-11-3-9-22-19(24)16-12-17(14-21-13-16)20(25)23-10-8-15-4-6-18(27-2)7-5-15/h4-7,12-14H,3,8-11H2,1-2H3,(H,22,24)(H,23,25). The van der Waals surface area contributed by atoms with Crippen LogP contribution in [0.3, 0.4) is 0 Å². The van der Waals surface area contributed by atoms with Crippen LogP contribution in [0.1, 0.15) is 32.7 Å². The van der Waals surface area contributed by atoms with Gasteiger partial charge in [-0.3, -0.25) is 14.6 Å². The Labute approximate surface area is 159 Å². The van der Waals surface area contributed by atoms with Crippen LogP contribution in [0.15, 0.2) is 42.7 Å².